The zero-order chi connectivity index (χ0) is 65.0. The summed E-state index contributed by atoms with van der Waals surface area (Å²) < 4.78 is 0. The number of aryl methyl sites for hydroxylation is 4. The molecule has 0 saturated carbocycles. The largest absolute Gasteiger partial charge is 0.657 e. The van der Waals surface area contributed by atoms with Gasteiger partial charge in [-0.15, -0.1) is 22.1 Å². The zero-order valence-corrected chi connectivity index (χ0v) is 57.3. The number of allylic oxidation sites excluding steroid dienone is 4. The smallest absolute Gasteiger partial charge is 0.0928 e. The van der Waals surface area contributed by atoms with Gasteiger partial charge in [0.25, 0.3) is 0 Å². The second-order valence-corrected chi connectivity index (χ2v) is 25.2. The SMILES string of the molecule is CCC1=C(CC)c2cc3[n-]c(cc4nc(cc5[n-]c(cc1n2)c(CC)c5CC)C(CC)=C4CC)c(CC)c3CC.[Er].c1ccc2cc3c(cc2c1)-c1nc-3nc2[n-]c(nc3nc(nc4[n-]c(n1)c1cc5ccccc5cc41)-c1cc4ccccc4cc1-3)c1cc3ccccc3cc21. The molecule has 12 nitrogen and oxygen atoms in total. The maximum absolute atomic E-state index is 5.25. The summed E-state index contributed by atoms with van der Waals surface area (Å²) >= 11 is 0. The van der Waals surface area contributed by atoms with Crippen LogP contribution < -0.4 is 19.9 Å². The fourth-order valence-corrected chi connectivity index (χ4v) is 15.3. The van der Waals surface area contributed by atoms with Gasteiger partial charge in [0.2, 0.25) is 0 Å². The van der Waals surface area contributed by atoms with Gasteiger partial charge in [-0.05, 0) is 187 Å². The molecular formula is C84H68ErN12-4. The summed E-state index contributed by atoms with van der Waals surface area (Å²) in [5, 5.41) is 12.2. The number of hydrogen-bond acceptors (Lipinski definition) is 8. The van der Waals surface area contributed by atoms with Crippen molar-refractivity contribution in [1.29, 1.82) is 0 Å². The van der Waals surface area contributed by atoms with E-state index < -0.39 is 0 Å². The van der Waals surface area contributed by atoms with Crippen LogP contribution >= 0.6 is 0 Å². The summed E-state index contributed by atoms with van der Waals surface area (Å²) in [6.07, 6.45) is 7.60. The second-order valence-electron chi connectivity index (χ2n) is 25.2. The molecule has 0 unspecified atom stereocenters. The number of fused-ring (bicyclic) bond motifs is 32. The fraction of sp³-hybridized carbons (Fsp3) is 0.190. The van der Waals surface area contributed by atoms with Gasteiger partial charge >= 0.3 is 0 Å². The molecular weight excluding hydrogens is 1340 g/mol. The normalized spacial score (nSPS) is 12.7. The van der Waals surface area contributed by atoms with E-state index in [4.69, 9.17) is 59.8 Å². The molecule has 18 rings (SSSR count). The number of aromatic nitrogens is 12. The van der Waals surface area contributed by atoms with E-state index in [2.05, 4.69) is 177 Å². The maximum Gasteiger partial charge on any atom is 0.0928 e. The molecule has 13 heteroatoms. The molecule has 4 aliphatic rings. The Morgan fingerprint density at radius 1 is 0.237 bits per heavy atom. The van der Waals surface area contributed by atoms with E-state index in [0.29, 0.717) is 45.9 Å². The van der Waals surface area contributed by atoms with Crippen molar-refractivity contribution in [1.82, 2.24) is 59.8 Å². The summed E-state index contributed by atoms with van der Waals surface area (Å²) in [4.78, 5) is 62.6. The molecule has 0 aliphatic carbocycles. The van der Waals surface area contributed by atoms with Gasteiger partial charge < -0.3 is 39.9 Å². The molecule has 0 fully saturated rings. The van der Waals surface area contributed by atoms with Crippen LogP contribution in [0.4, 0.5) is 0 Å². The van der Waals surface area contributed by atoms with Gasteiger partial charge in [-0.3, -0.25) is 0 Å². The second kappa shape index (κ2) is 24.9. The van der Waals surface area contributed by atoms with Gasteiger partial charge in [-0.2, -0.15) is 0 Å². The fourth-order valence-electron chi connectivity index (χ4n) is 15.3. The van der Waals surface area contributed by atoms with Crippen molar-refractivity contribution >= 4 is 132 Å². The number of rotatable bonds is 8. The summed E-state index contributed by atoms with van der Waals surface area (Å²) in [6.45, 7) is 17.9. The molecule has 16 bridgehead atoms. The monoisotopic (exact) mass is 1410 g/mol. The summed E-state index contributed by atoms with van der Waals surface area (Å²) in [5.41, 5.74) is 24.8. The Kier molecular flexibility index (Phi) is 15.9. The van der Waals surface area contributed by atoms with Crippen molar-refractivity contribution in [3.05, 3.63) is 215 Å². The summed E-state index contributed by atoms with van der Waals surface area (Å²) in [6, 6.07) is 59.4. The van der Waals surface area contributed by atoms with Gasteiger partial charge in [0, 0.05) is 82.1 Å². The average Bonchev–Trinajstić information content (AvgIpc) is 1.59. The van der Waals surface area contributed by atoms with E-state index in [0.717, 1.165) is 183 Å². The first-order valence-electron chi connectivity index (χ1n) is 34.1. The Morgan fingerprint density at radius 2 is 0.454 bits per heavy atom. The Labute approximate surface area is 591 Å². The van der Waals surface area contributed by atoms with Crippen molar-refractivity contribution in [2.45, 2.75) is 107 Å². The Morgan fingerprint density at radius 3 is 0.660 bits per heavy atom. The molecule has 97 heavy (non-hydrogen) atoms. The minimum Gasteiger partial charge on any atom is -0.657 e. The standard InChI is InChI=1S/C48H24N8.C36H44N4.Er/c1-2-10-26-18-34-33(17-25(26)9-1)41-49-42(34)54-44-37-21-29-13-5-6-14-30(29)22-38(37)46(51-44)56-48-40-24-32-16-8-7-15-31(32)23-39(40)47(52-48)55-45-36-20-28-12-4-3-11-27(28)19-35(36)43(50-45)53-41;1-9-21-22(10-2)30-18-32-25(13-5)26(14-6)34(39-32)20-36-28(16-8)27(15-7)35(40-36)19-33-24(12-4)23(11-3)31(38-33)17-29(21)37-30;/h1-24H;17-20H,9-16H2,1-8H3;/q2*-2;. The molecule has 0 spiro atoms. The third-order valence-electron chi connectivity index (χ3n) is 20.0. The van der Waals surface area contributed by atoms with Gasteiger partial charge in [0.1, 0.15) is 0 Å². The van der Waals surface area contributed by atoms with Crippen molar-refractivity contribution in [2.24, 2.45) is 0 Å². The molecule has 4 aliphatic heterocycles. The first-order valence-corrected chi connectivity index (χ1v) is 34.1. The average molecular weight is 1410 g/mol. The zero-order valence-electron chi connectivity index (χ0n) is 55.5. The minimum atomic E-state index is 0. The van der Waals surface area contributed by atoms with Crippen LogP contribution in [-0.4, -0.2) is 39.9 Å². The predicted molar refractivity (Wildman–Crippen MR) is 395 cm³/mol. The Hall–Kier alpha value is -9.99. The van der Waals surface area contributed by atoms with Crippen molar-refractivity contribution < 1.29 is 37.3 Å². The van der Waals surface area contributed by atoms with Crippen LogP contribution in [0, 0.1) is 37.3 Å². The molecule has 0 radical (unpaired) electrons. The molecule has 14 aromatic rings. The van der Waals surface area contributed by atoms with Crippen molar-refractivity contribution in [3.8, 4) is 45.6 Å². The van der Waals surface area contributed by atoms with Crippen LogP contribution in [-0.2, 0) is 25.7 Å². The van der Waals surface area contributed by atoms with Crippen LogP contribution in [0.1, 0.15) is 126 Å². The number of nitrogens with zero attached hydrogens (tertiary/aromatic N) is 12. The van der Waals surface area contributed by atoms with Crippen LogP contribution in [0.2, 0.25) is 0 Å². The van der Waals surface area contributed by atoms with Crippen LogP contribution in [0.25, 0.3) is 177 Å². The molecule has 480 valence electrons. The number of hydrogen-bond donors (Lipinski definition) is 0. The molecule has 10 heterocycles. The minimum absolute atomic E-state index is 0. The van der Waals surface area contributed by atoms with E-state index in [-0.39, 0.29) is 37.3 Å². The van der Waals surface area contributed by atoms with Crippen molar-refractivity contribution in [2.75, 3.05) is 0 Å². The van der Waals surface area contributed by atoms with Crippen LogP contribution in [0.5, 0.6) is 0 Å². The first kappa shape index (κ1) is 61.9. The topological polar surface area (TPSA) is 160 Å². The molecule has 0 N–H and O–H groups in total. The van der Waals surface area contributed by atoms with E-state index in [1.54, 1.807) is 0 Å². The molecule has 8 aromatic carbocycles. The third kappa shape index (κ3) is 10.4. The molecule has 0 atom stereocenters. The van der Waals surface area contributed by atoms with Gasteiger partial charge in [-0.25, -0.2) is 19.9 Å². The van der Waals surface area contributed by atoms with E-state index >= 15 is 0 Å². The van der Waals surface area contributed by atoms with E-state index in [1.165, 1.54) is 44.5 Å². The maximum atomic E-state index is 5.25. The Balaban J connectivity index is 0.000000160. The predicted octanol–water partition coefficient (Wildman–Crippen LogP) is 20.0. The van der Waals surface area contributed by atoms with Gasteiger partial charge in [0.05, 0.1) is 46.1 Å². The quantitative estimate of drug-likeness (QED) is 0.142. The van der Waals surface area contributed by atoms with Gasteiger partial charge in [0.15, 0.2) is 0 Å². The molecule has 0 saturated heterocycles. The van der Waals surface area contributed by atoms with E-state index in [1.807, 2.05) is 48.5 Å². The van der Waals surface area contributed by atoms with Crippen LogP contribution in [0.15, 0.2) is 170 Å². The number of benzene rings is 8. The van der Waals surface area contributed by atoms with E-state index in [9.17, 15) is 0 Å². The van der Waals surface area contributed by atoms with Gasteiger partial charge in [-0.1, -0.05) is 199 Å². The third-order valence-corrected chi connectivity index (χ3v) is 20.0. The van der Waals surface area contributed by atoms with Crippen LogP contribution in [0.3, 0.4) is 0 Å². The Bertz CT molecular complexity index is 5380. The first-order chi connectivity index (χ1) is 47.1. The van der Waals surface area contributed by atoms with Crippen molar-refractivity contribution in [3.63, 3.8) is 0 Å². The summed E-state index contributed by atoms with van der Waals surface area (Å²) in [7, 11) is 0. The molecule has 0 amide bonds. The molecule has 6 aromatic heterocycles. The summed E-state index contributed by atoms with van der Waals surface area (Å²) in [5.74, 6) is 2.14.